The Morgan fingerprint density at radius 3 is 2.40 bits per heavy atom. The molecule has 1 fully saturated rings. The van der Waals surface area contributed by atoms with Crippen molar-refractivity contribution in [3.63, 3.8) is 0 Å². The normalized spacial score (nSPS) is 29.3. The van der Waals surface area contributed by atoms with E-state index >= 15 is 0 Å². The van der Waals surface area contributed by atoms with E-state index in [0.717, 1.165) is 19.3 Å². The Hall–Kier alpha value is -0.890. The topological polar surface area (TPSA) is 26.0 Å². The van der Waals surface area contributed by atoms with Gasteiger partial charge in [0.05, 0.1) is 0 Å². The zero-order valence-corrected chi connectivity index (χ0v) is 9.39. The summed E-state index contributed by atoms with van der Waals surface area (Å²) in [4.78, 5) is 0. The zero-order chi connectivity index (χ0) is 11.1. The Kier molecular flexibility index (Phi) is 2.34. The van der Waals surface area contributed by atoms with Crippen LogP contribution in [0.5, 0.6) is 0 Å². The summed E-state index contributed by atoms with van der Waals surface area (Å²) in [5.41, 5.74) is 6.57. The van der Waals surface area contributed by atoms with Crippen LogP contribution in [0.15, 0.2) is 24.3 Å². The molecule has 1 aliphatic rings. The highest BCUT2D eigenvalue weighted by molar-refractivity contribution is 5.29. The molecular weight excluding hydrogens is 189 g/mol. The van der Waals surface area contributed by atoms with Gasteiger partial charge >= 0.3 is 0 Å². The summed E-state index contributed by atoms with van der Waals surface area (Å²) in [6, 6.07) is 6.90. The van der Waals surface area contributed by atoms with Crippen LogP contribution in [-0.2, 0) is 5.54 Å². The maximum absolute atomic E-state index is 13.8. The summed E-state index contributed by atoms with van der Waals surface area (Å²) in [6.07, 6.45) is 3.02. The minimum Gasteiger partial charge on any atom is -0.321 e. The highest BCUT2D eigenvalue weighted by atomic mass is 19.1. The first kappa shape index (κ1) is 10.6. The van der Waals surface area contributed by atoms with Crippen LogP contribution in [-0.4, -0.2) is 0 Å². The van der Waals surface area contributed by atoms with E-state index in [1.807, 2.05) is 12.1 Å². The van der Waals surface area contributed by atoms with Gasteiger partial charge in [-0.3, -0.25) is 0 Å². The Balaban J connectivity index is 2.50. The van der Waals surface area contributed by atoms with Gasteiger partial charge in [0.25, 0.3) is 0 Å². The number of rotatable bonds is 1. The quantitative estimate of drug-likeness (QED) is 0.752. The van der Waals surface area contributed by atoms with E-state index in [4.69, 9.17) is 5.73 Å². The molecule has 1 aliphatic carbocycles. The number of benzene rings is 1. The molecule has 0 radical (unpaired) electrons. The van der Waals surface area contributed by atoms with Gasteiger partial charge in [-0.2, -0.15) is 0 Å². The van der Waals surface area contributed by atoms with Crippen molar-refractivity contribution in [3.05, 3.63) is 35.6 Å². The predicted octanol–water partition coefficient (Wildman–Crippen LogP) is 3.19. The van der Waals surface area contributed by atoms with E-state index in [2.05, 4.69) is 13.8 Å². The van der Waals surface area contributed by atoms with Crippen molar-refractivity contribution in [2.24, 2.45) is 11.1 Å². The van der Waals surface area contributed by atoms with Gasteiger partial charge in [-0.15, -0.1) is 0 Å². The van der Waals surface area contributed by atoms with Crippen molar-refractivity contribution >= 4 is 0 Å². The third-order valence-corrected chi connectivity index (χ3v) is 3.94. The molecule has 2 N–H and O–H groups in total. The Morgan fingerprint density at radius 1 is 1.20 bits per heavy atom. The summed E-state index contributed by atoms with van der Waals surface area (Å²) in [7, 11) is 0. The zero-order valence-electron chi connectivity index (χ0n) is 9.39. The lowest BCUT2D eigenvalue weighted by Crippen LogP contribution is -2.46. The molecule has 15 heavy (non-hydrogen) atoms. The standard InChI is InChI=1S/C13H18FN/c1-12(2)8-5-9-13(12,15)10-6-3-4-7-11(10)14/h3-4,6-7H,5,8-9,15H2,1-2H3. The smallest absolute Gasteiger partial charge is 0.128 e. The van der Waals surface area contributed by atoms with Crippen LogP contribution in [0.2, 0.25) is 0 Å². The molecule has 0 bridgehead atoms. The number of nitrogens with two attached hydrogens (primary N) is 1. The van der Waals surface area contributed by atoms with Crippen molar-refractivity contribution in [3.8, 4) is 0 Å². The van der Waals surface area contributed by atoms with Crippen LogP contribution >= 0.6 is 0 Å². The minimum absolute atomic E-state index is 0.0187. The van der Waals surface area contributed by atoms with Crippen molar-refractivity contribution < 1.29 is 4.39 Å². The molecule has 2 heteroatoms. The molecular formula is C13H18FN. The monoisotopic (exact) mass is 207 g/mol. The maximum atomic E-state index is 13.8. The summed E-state index contributed by atoms with van der Waals surface area (Å²) in [5, 5.41) is 0. The highest BCUT2D eigenvalue weighted by Gasteiger charge is 2.47. The van der Waals surface area contributed by atoms with Crippen LogP contribution in [0.1, 0.15) is 38.7 Å². The second-order valence-electron chi connectivity index (χ2n) is 5.19. The first-order valence-electron chi connectivity index (χ1n) is 5.51. The number of hydrogen-bond donors (Lipinski definition) is 1. The van der Waals surface area contributed by atoms with Crippen LogP contribution in [0, 0.1) is 11.2 Å². The van der Waals surface area contributed by atoms with Crippen LogP contribution in [0.4, 0.5) is 4.39 Å². The largest absolute Gasteiger partial charge is 0.321 e. The summed E-state index contributed by atoms with van der Waals surface area (Å²) < 4.78 is 13.8. The van der Waals surface area contributed by atoms with Gasteiger partial charge < -0.3 is 5.73 Å². The molecule has 1 atom stereocenters. The van der Waals surface area contributed by atoms with Crippen LogP contribution < -0.4 is 5.73 Å². The second-order valence-corrected chi connectivity index (χ2v) is 5.19. The molecule has 0 aromatic heterocycles. The maximum Gasteiger partial charge on any atom is 0.128 e. The Bertz CT molecular complexity index is 373. The molecule has 0 saturated heterocycles. The first-order chi connectivity index (χ1) is 6.97. The van der Waals surface area contributed by atoms with Crippen molar-refractivity contribution in [1.29, 1.82) is 0 Å². The first-order valence-corrected chi connectivity index (χ1v) is 5.51. The highest BCUT2D eigenvalue weighted by Crippen LogP contribution is 2.50. The van der Waals surface area contributed by atoms with E-state index in [0.29, 0.717) is 5.56 Å². The fourth-order valence-electron chi connectivity index (χ4n) is 2.69. The van der Waals surface area contributed by atoms with Crippen LogP contribution in [0.25, 0.3) is 0 Å². The van der Waals surface area contributed by atoms with Crippen molar-refractivity contribution in [1.82, 2.24) is 0 Å². The predicted molar refractivity (Wildman–Crippen MR) is 59.9 cm³/mol. The summed E-state index contributed by atoms with van der Waals surface area (Å²) in [5.74, 6) is -0.171. The lowest BCUT2D eigenvalue weighted by Gasteiger charge is -2.38. The molecule has 2 rings (SSSR count). The molecule has 1 nitrogen and oxygen atoms in total. The van der Waals surface area contributed by atoms with Crippen molar-refractivity contribution in [2.75, 3.05) is 0 Å². The van der Waals surface area contributed by atoms with E-state index in [9.17, 15) is 4.39 Å². The SMILES string of the molecule is CC1(C)CCCC1(N)c1ccccc1F. The average Bonchev–Trinajstić information content (AvgIpc) is 2.43. The molecule has 0 spiro atoms. The van der Waals surface area contributed by atoms with Gasteiger partial charge in [0.1, 0.15) is 5.82 Å². The van der Waals surface area contributed by atoms with E-state index in [1.165, 1.54) is 6.07 Å². The molecule has 1 unspecified atom stereocenters. The molecule has 1 aromatic carbocycles. The minimum atomic E-state index is -0.502. The van der Waals surface area contributed by atoms with Crippen LogP contribution in [0.3, 0.4) is 0 Å². The molecule has 0 aliphatic heterocycles. The molecule has 1 aromatic rings. The molecule has 82 valence electrons. The number of hydrogen-bond acceptors (Lipinski definition) is 1. The van der Waals surface area contributed by atoms with Gasteiger partial charge in [-0.05, 0) is 24.3 Å². The molecule has 0 heterocycles. The second kappa shape index (κ2) is 3.31. The third-order valence-electron chi connectivity index (χ3n) is 3.94. The Morgan fingerprint density at radius 2 is 1.87 bits per heavy atom. The van der Waals surface area contributed by atoms with Gasteiger partial charge in [0, 0.05) is 11.1 Å². The summed E-state index contributed by atoms with van der Waals surface area (Å²) in [6.45, 7) is 4.26. The summed E-state index contributed by atoms with van der Waals surface area (Å²) >= 11 is 0. The van der Waals surface area contributed by atoms with Crippen molar-refractivity contribution in [2.45, 2.75) is 38.6 Å². The molecule has 0 amide bonds. The third kappa shape index (κ3) is 1.48. The fourth-order valence-corrected chi connectivity index (χ4v) is 2.69. The average molecular weight is 207 g/mol. The molecule has 1 saturated carbocycles. The van der Waals surface area contributed by atoms with Gasteiger partial charge in [-0.1, -0.05) is 38.5 Å². The number of halogens is 1. The van der Waals surface area contributed by atoms with Gasteiger partial charge in [0.15, 0.2) is 0 Å². The van der Waals surface area contributed by atoms with Gasteiger partial charge in [-0.25, -0.2) is 4.39 Å². The Labute approximate surface area is 90.5 Å². The lowest BCUT2D eigenvalue weighted by molar-refractivity contribution is 0.204. The van der Waals surface area contributed by atoms with E-state index < -0.39 is 5.54 Å². The van der Waals surface area contributed by atoms with Gasteiger partial charge in [0.2, 0.25) is 0 Å². The van der Waals surface area contributed by atoms with E-state index in [1.54, 1.807) is 6.07 Å². The fraction of sp³-hybridized carbons (Fsp3) is 0.538. The lowest BCUT2D eigenvalue weighted by atomic mass is 9.71. The van der Waals surface area contributed by atoms with E-state index in [-0.39, 0.29) is 11.2 Å².